The lowest BCUT2D eigenvalue weighted by Gasteiger charge is -1.90. The van der Waals surface area contributed by atoms with Gasteiger partial charge in [0.2, 0.25) is 0 Å². The Morgan fingerprint density at radius 2 is 1.00 bits per heavy atom. The van der Waals surface area contributed by atoms with Gasteiger partial charge in [-0.1, -0.05) is 67.7 Å². The standard InChI is InChI=1S/C20H33N/c1-2-3-4-5-6-7-8-9-10-11-12-13-14-15-16-17-18-19-20-21/h3-4,6-7,9-10,12-13,15-16H,2,5,8,11,14,17-21H2,1H3/b4-3+,7-6+,10-9+,13-12+,16-15+. The van der Waals surface area contributed by atoms with Crippen molar-refractivity contribution in [1.29, 1.82) is 0 Å². The molecule has 0 bridgehead atoms. The van der Waals surface area contributed by atoms with Crippen LogP contribution in [0.5, 0.6) is 0 Å². The summed E-state index contributed by atoms with van der Waals surface area (Å²) >= 11 is 0. The van der Waals surface area contributed by atoms with Crippen LogP contribution in [0.25, 0.3) is 0 Å². The van der Waals surface area contributed by atoms with Crippen molar-refractivity contribution < 1.29 is 0 Å². The molecule has 0 saturated heterocycles. The highest BCUT2D eigenvalue weighted by atomic mass is 14.5. The second-order valence-corrected chi connectivity index (χ2v) is 4.99. The lowest BCUT2D eigenvalue weighted by atomic mass is 10.2. The van der Waals surface area contributed by atoms with E-state index in [2.05, 4.69) is 67.7 Å². The first-order valence-electron chi connectivity index (χ1n) is 8.36. The molecule has 2 N–H and O–H groups in total. The molecule has 0 spiro atoms. The summed E-state index contributed by atoms with van der Waals surface area (Å²) in [5, 5.41) is 0. The number of allylic oxidation sites excluding steroid dienone is 10. The third-order valence-electron chi connectivity index (χ3n) is 2.98. The normalized spacial score (nSPS) is 13.0. The van der Waals surface area contributed by atoms with Crippen molar-refractivity contribution in [3.8, 4) is 0 Å². The van der Waals surface area contributed by atoms with Crippen LogP contribution in [0.15, 0.2) is 60.8 Å². The molecule has 0 aliphatic rings. The van der Waals surface area contributed by atoms with Crippen LogP contribution in [0.1, 0.15) is 58.3 Å². The highest BCUT2D eigenvalue weighted by Crippen LogP contribution is 1.98. The van der Waals surface area contributed by atoms with Gasteiger partial charge in [-0.2, -0.15) is 0 Å². The van der Waals surface area contributed by atoms with Crippen molar-refractivity contribution in [3.05, 3.63) is 60.8 Å². The van der Waals surface area contributed by atoms with E-state index in [9.17, 15) is 0 Å². The van der Waals surface area contributed by atoms with Gasteiger partial charge in [-0.3, -0.25) is 0 Å². The minimum atomic E-state index is 0.810. The van der Waals surface area contributed by atoms with E-state index in [0.29, 0.717) is 0 Å². The summed E-state index contributed by atoms with van der Waals surface area (Å²) in [5.41, 5.74) is 5.45. The topological polar surface area (TPSA) is 26.0 Å². The Bertz CT molecular complexity index is 332. The van der Waals surface area contributed by atoms with Crippen molar-refractivity contribution in [1.82, 2.24) is 0 Å². The number of nitrogens with two attached hydrogens (primary N) is 1. The molecule has 0 aliphatic heterocycles. The number of hydrogen-bond acceptors (Lipinski definition) is 1. The SMILES string of the molecule is CC/C=C/C/C=C/C/C=C/C/C=C/C/C=C/CCCCN. The van der Waals surface area contributed by atoms with E-state index in [1.54, 1.807) is 0 Å². The number of rotatable bonds is 13. The van der Waals surface area contributed by atoms with Crippen LogP contribution in [-0.4, -0.2) is 6.54 Å². The molecule has 0 aromatic carbocycles. The van der Waals surface area contributed by atoms with Gasteiger partial charge in [-0.05, 0) is 57.9 Å². The first-order chi connectivity index (χ1) is 10.4. The molecule has 0 aromatic heterocycles. The van der Waals surface area contributed by atoms with E-state index in [0.717, 1.165) is 51.5 Å². The summed E-state index contributed by atoms with van der Waals surface area (Å²) in [6, 6.07) is 0. The summed E-state index contributed by atoms with van der Waals surface area (Å²) in [5.74, 6) is 0. The fraction of sp³-hybridized carbons (Fsp3) is 0.500. The molecule has 1 nitrogen and oxygen atoms in total. The Hall–Kier alpha value is -1.34. The van der Waals surface area contributed by atoms with E-state index < -0.39 is 0 Å². The molecule has 0 aromatic rings. The van der Waals surface area contributed by atoms with Crippen molar-refractivity contribution >= 4 is 0 Å². The molecule has 0 radical (unpaired) electrons. The third kappa shape index (κ3) is 18.7. The van der Waals surface area contributed by atoms with Crippen LogP contribution < -0.4 is 5.73 Å². The summed E-state index contributed by atoms with van der Waals surface area (Å²) in [7, 11) is 0. The van der Waals surface area contributed by atoms with E-state index >= 15 is 0 Å². The maximum absolute atomic E-state index is 5.45. The zero-order valence-electron chi connectivity index (χ0n) is 13.7. The Labute approximate surface area is 132 Å². The van der Waals surface area contributed by atoms with Crippen molar-refractivity contribution in [2.75, 3.05) is 6.54 Å². The van der Waals surface area contributed by atoms with Gasteiger partial charge in [-0.15, -0.1) is 0 Å². The molecule has 118 valence electrons. The first-order valence-corrected chi connectivity index (χ1v) is 8.36. The maximum atomic E-state index is 5.45. The van der Waals surface area contributed by atoms with Gasteiger partial charge in [0, 0.05) is 0 Å². The van der Waals surface area contributed by atoms with Crippen molar-refractivity contribution in [2.45, 2.75) is 58.3 Å². The van der Waals surface area contributed by atoms with Gasteiger partial charge >= 0.3 is 0 Å². The van der Waals surface area contributed by atoms with Gasteiger partial charge in [0.15, 0.2) is 0 Å². The second-order valence-electron chi connectivity index (χ2n) is 4.99. The molecule has 0 amide bonds. The highest BCUT2D eigenvalue weighted by Gasteiger charge is 1.80. The molecule has 1 heteroatoms. The van der Waals surface area contributed by atoms with Crippen LogP contribution in [-0.2, 0) is 0 Å². The number of hydrogen-bond donors (Lipinski definition) is 1. The largest absolute Gasteiger partial charge is 0.330 e. The summed E-state index contributed by atoms with van der Waals surface area (Å²) < 4.78 is 0. The minimum absolute atomic E-state index is 0.810. The highest BCUT2D eigenvalue weighted by molar-refractivity contribution is 5.00. The number of unbranched alkanes of at least 4 members (excludes halogenated alkanes) is 2. The summed E-state index contributed by atoms with van der Waals surface area (Å²) in [6.45, 7) is 2.97. The van der Waals surface area contributed by atoms with Crippen molar-refractivity contribution in [3.63, 3.8) is 0 Å². The Morgan fingerprint density at radius 1 is 0.571 bits per heavy atom. The quantitative estimate of drug-likeness (QED) is 0.333. The van der Waals surface area contributed by atoms with E-state index in [1.165, 1.54) is 6.42 Å². The van der Waals surface area contributed by atoms with Crippen LogP contribution in [0, 0.1) is 0 Å². The predicted octanol–water partition coefficient (Wildman–Crippen LogP) is 5.87. The minimum Gasteiger partial charge on any atom is -0.330 e. The third-order valence-corrected chi connectivity index (χ3v) is 2.98. The fourth-order valence-corrected chi connectivity index (χ4v) is 1.78. The average Bonchev–Trinajstić information content (AvgIpc) is 2.50. The Balaban J connectivity index is 3.41. The van der Waals surface area contributed by atoms with Gasteiger partial charge in [-0.25, -0.2) is 0 Å². The smallest absolute Gasteiger partial charge is 0.00772 e. The van der Waals surface area contributed by atoms with E-state index in [-0.39, 0.29) is 0 Å². The van der Waals surface area contributed by atoms with Crippen LogP contribution >= 0.6 is 0 Å². The maximum Gasteiger partial charge on any atom is -0.00772 e. The molecular formula is C20H33N. The van der Waals surface area contributed by atoms with E-state index in [4.69, 9.17) is 5.73 Å². The molecule has 0 aliphatic carbocycles. The predicted molar refractivity (Wildman–Crippen MR) is 97.4 cm³/mol. The molecule has 0 unspecified atom stereocenters. The zero-order chi connectivity index (χ0) is 15.4. The summed E-state index contributed by atoms with van der Waals surface area (Å²) in [4.78, 5) is 0. The molecule has 0 fully saturated rings. The fourth-order valence-electron chi connectivity index (χ4n) is 1.78. The zero-order valence-corrected chi connectivity index (χ0v) is 13.7. The Morgan fingerprint density at radius 3 is 1.43 bits per heavy atom. The van der Waals surface area contributed by atoms with Crippen molar-refractivity contribution in [2.24, 2.45) is 5.73 Å². The Kier molecular flexibility index (Phi) is 17.5. The molecule has 21 heavy (non-hydrogen) atoms. The van der Waals surface area contributed by atoms with Gasteiger partial charge in [0.1, 0.15) is 0 Å². The monoisotopic (exact) mass is 287 g/mol. The lowest BCUT2D eigenvalue weighted by molar-refractivity contribution is 0.757. The van der Waals surface area contributed by atoms with Gasteiger partial charge in [0.25, 0.3) is 0 Å². The molecular weight excluding hydrogens is 254 g/mol. The van der Waals surface area contributed by atoms with Crippen LogP contribution in [0.4, 0.5) is 0 Å². The molecule has 0 heterocycles. The molecule has 0 saturated carbocycles. The molecule has 0 rings (SSSR count). The molecule has 0 atom stereocenters. The van der Waals surface area contributed by atoms with Crippen LogP contribution in [0.3, 0.4) is 0 Å². The second kappa shape index (κ2) is 18.7. The first kappa shape index (κ1) is 19.7. The average molecular weight is 287 g/mol. The summed E-state index contributed by atoms with van der Waals surface area (Å²) in [6.07, 6.45) is 31.1. The van der Waals surface area contributed by atoms with Gasteiger partial charge in [0.05, 0.1) is 0 Å². The van der Waals surface area contributed by atoms with Crippen LogP contribution in [0.2, 0.25) is 0 Å². The lowest BCUT2D eigenvalue weighted by Crippen LogP contribution is -1.96. The van der Waals surface area contributed by atoms with E-state index in [1.807, 2.05) is 0 Å². The van der Waals surface area contributed by atoms with Gasteiger partial charge < -0.3 is 5.73 Å².